The summed E-state index contributed by atoms with van der Waals surface area (Å²) in [6.07, 6.45) is 0. The molecule has 0 amide bonds. The molecule has 0 bridgehead atoms. The summed E-state index contributed by atoms with van der Waals surface area (Å²) >= 11 is 0. The van der Waals surface area contributed by atoms with Crippen LogP contribution in [0.3, 0.4) is 0 Å². The largest absolute Gasteiger partial charge is 0.322 e. The van der Waals surface area contributed by atoms with Gasteiger partial charge in [-0.05, 0) is 17.2 Å². The highest BCUT2D eigenvalue weighted by atomic mass is 32.2. The van der Waals surface area contributed by atoms with Gasteiger partial charge in [0.2, 0.25) is 10.0 Å². The highest BCUT2D eigenvalue weighted by molar-refractivity contribution is 7.89. The molecule has 98 valence electrons. The first-order valence-corrected chi connectivity index (χ1v) is 7.50. The van der Waals surface area contributed by atoms with Gasteiger partial charge in [-0.25, -0.2) is 13.1 Å². The van der Waals surface area contributed by atoms with E-state index in [0.717, 1.165) is 11.1 Å². The molecule has 1 aliphatic rings. The van der Waals surface area contributed by atoms with Gasteiger partial charge in [-0.15, -0.1) is 0 Å². The lowest BCUT2D eigenvalue weighted by Crippen LogP contribution is -2.29. The zero-order valence-corrected chi connectivity index (χ0v) is 11.0. The summed E-state index contributed by atoms with van der Waals surface area (Å²) in [6.45, 7) is 0. The number of fused-ring (bicyclic) bond motifs is 1. The van der Waals surface area contributed by atoms with Crippen LogP contribution >= 0.6 is 0 Å². The third-order valence-corrected chi connectivity index (χ3v) is 4.88. The van der Waals surface area contributed by atoms with Crippen molar-refractivity contribution in [2.24, 2.45) is 5.73 Å². The summed E-state index contributed by atoms with van der Waals surface area (Å²) in [4.78, 5) is 0.325. The molecular weight excluding hydrogens is 260 g/mol. The molecule has 3 rings (SSSR count). The van der Waals surface area contributed by atoms with Crippen molar-refractivity contribution >= 4 is 10.0 Å². The first-order chi connectivity index (χ1) is 9.09. The molecule has 2 atom stereocenters. The molecule has 2 aromatic carbocycles. The number of rotatable bonds is 2. The van der Waals surface area contributed by atoms with E-state index < -0.39 is 22.1 Å². The van der Waals surface area contributed by atoms with E-state index in [1.165, 1.54) is 0 Å². The topological polar surface area (TPSA) is 72.2 Å². The SMILES string of the molecule is N[C@H](c1ccccc1)[C@H]1NS(=O)(=O)c2ccccc21. The summed E-state index contributed by atoms with van der Waals surface area (Å²) in [6, 6.07) is 15.6. The first kappa shape index (κ1) is 12.3. The monoisotopic (exact) mass is 274 g/mol. The number of nitrogens with one attached hydrogen (secondary N) is 1. The fourth-order valence-corrected chi connectivity index (χ4v) is 3.91. The predicted octanol–water partition coefficient (Wildman–Crippen LogP) is 1.72. The van der Waals surface area contributed by atoms with Gasteiger partial charge in [0.15, 0.2) is 0 Å². The molecule has 0 fully saturated rings. The Labute approximate surface area is 112 Å². The van der Waals surface area contributed by atoms with Crippen molar-refractivity contribution in [1.82, 2.24) is 4.72 Å². The van der Waals surface area contributed by atoms with Crippen LogP contribution in [0, 0.1) is 0 Å². The standard InChI is InChI=1S/C14H14N2O2S/c15-13(10-6-2-1-3-7-10)14-11-8-4-5-9-12(11)19(17,18)16-14/h1-9,13-14,16H,15H2/t13-,14+/m1/s1. The molecule has 4 nitrogen and oxygen atoms in total. The maximum Gasteiger partial charge on any atom is 0.241 e. The maximum absolute atomic E-state index is 12.0. The third-order valence-electron chi connectivity index (χ3n) is 3.37. The van der Waals surface area contributed by atoms with E-state index >= 15 is 0 Å². The second-order valence-corrected chi connectivity index (χ2v) is 6.26. The molecule has 0 spiro atoms. The minimum Gasteiger partial charge on any atom is -0.322 e. The smallest absolute Gasteiger partial charge is 0.241 e. The van der Waals surface area contributed by atoms with Crippen molar-refractivity contribution in [3.8, 4) is 0 Å². The van der Waals surface area contributed by atoms with Crippen molar-refractivity contribution in [3.63, 3.8) is 0 Å². The molecule has 5 heteroatoms. The van der Waals surface area contributed by atoms with Gasteiger partial charge in [0.05, 0.1) is 17.0 Å². The minimum absolute atomic E-state index is 0.325. The maximum atomic E-state index is 12.0. The van der Waals surface area contributed by atoms with Gasteiger partial charge in [0.25, 0.3) is 0 Å². The lowest BCUT2D eigenvalue weighted by atomic mass is 9.95. The summed E-state index contributed by atoms with van der Waals surface area (Å²) in [5.74, 6) is 0. The van der Waals surface area contributed by atoms with Crippen LogP contribution in [0.1, 0.15) is 23.2 Å². The van der Waals surface area contributed by atoms with Crippen LogP contribution in [-0.4, -0.2) is 8.42 Å². The van der Waals surface area contributed by atoms with Gasteiger partial charge >= 0.3 is 0 Å². The Kier molecular flexibility index (Phi) is 2.89. The van der Waals surface area contributed by atoms with Crippen LogP contribution in [0.25, 0.3) is 0 Å². The van der Waals surface area contributed by atoms with Crippen LogP contribution < -0.4 is 10.5 Å². The van der Waals surface area contributed by atoms with Gasteiger partial charge in [-0.2, -0.15) is 0 Å². The summed E-state index contributed by atoms with van der Waals surface area (Å²) in [5.41, 5.74) is 7.85. The Morgan fingerprint density at radius 2 is 1.63 bits per heavy atom. The average molecular weight is 274 g/mol. The number of hydrogen-bond donors (Lipinski definition) is 2. The van der Waals surface area contributed by atoms with E-state index in [1.54, 1.807) is 18.2 Å². The summed E-state index contributed by atoms with van der Waals surface area (Å²) < 4.78 is 26.7. The highest BCUT2D eigenvalue weighted by Gasteiger charge is 2.37. The van der Waals surface area contributed by atoms with E-state index in [4.69, 9.17) is 5.73 Å². The molecule has 0 radical (unpaired) electrons. The van der Waals surface area contributed by atoms with Crippen molar-refractivity contribution in [2.45, 2.75) is 17.0 Å². The molecule has 0 saturated heterocycles. The van der Waals surface area contributed by atoms with E-state index in [-0.39, 0.29) is 0 Å². The first-order valence-electron chi connectivity index (χ1n) is 6.01. The Hall–Kier alpha value is -1.69. The second kappa shape index (κ2) is 4.45. The quantitative estimate of drug-likeness (QED) is 0.876. The fourth-order valence-electron chi connectivity index (χ4n) is 2.41. The van der Waals surface area contributed by atoms with Crippen LogP contribution in [0.15, 0.2) is 59.5 Å². The molecule has 19 heavy (non-hydrogen) atoms. The van der Waals surface area contributed by atoms with Gasteiger partial charge in [0, 0.05) is 0 Å². The van der Waals surface area contributed by atoms with Crippen LogP contribution in [0.5, 0.6) is 0 Å². The molecular formula is C14H14N2O2S. The van der Waals surface area contributed by atoms with Crippen molar-refractivity contribution < 1.29 is 8.42 Å². The number of benzene rings is 2. The van der Waals surface area contributed by atoms with Crippen LogP contribution in [-0.2, 0) is 10.0 Å². The highest BCUT2D eigenvalue weighted by Crippen LogP contribution is 2.37. The van der Waals surface area contributed by atoms with Gasteiger partial charge in [-0.3, -0.25) is 0 Å². The molecule has 2 aromatic rings. The molecule has 0 aromatic heterocycles. The second-order valence-electron chi connectivity index (χ2n) is 4.57. The Morgan fingerprint density at radius 3 is 2.37 bits per heavy atom. The molecule has 1 aliphatic heterocycles. The van der Waals surface area contributed by atoms with Gasteiger partial charge in [0.1, 0.15) is 0 Å². The van der Waals surface area contributed by atoms with Gasteiger partial charge in [-0.1, -0.05) is 48.5 Å². The average Bonchev–Trinajstić information content (AvgIpc) is 2.72. The van der Waals surface area contributed by atoms with Crippen LogP contribution in [0.4, 0.5) is 0 Å². The number of nitrogens with two attached hydrogens (primary N) is 1. The molecule has 0 saturated carbocycles. The normalized spacial score (nSPS) is 21.8. The Balaban J connectivity index is 2.05. The van der Waals surface area contributed by atoms with E-state index in [9.17, 15) is 8.42 Å². The lowest BCUT2D eigenvalue weighted by Gasteiger charge is -2.19. The summed E-state index contributed by atoms with van der Waals surface area (Å²) in [7, 11) is -3.44. The minimum atomic E-state index is -3.44. The fraction of sp³-hybridized carbons (Fsp3) is 0.143. The number of sulfonamides is 1. The predicted molar refractivity (Wildman–Crippen MR) is 72.9 cm³/mol. The van der Waals surface area contributed by atoms with Crippen molar-refractivity contribution in [2.75, 3.05) is 0 Å². The molecule has 0 unspecified atom stereocenters. The number of hydrogen-bond acceptors (Lipinski definition) is 3. The van der Waals surface area contributed by atoms with E-state index in [0.29, 0.717) is 4.90 Å². The van der Waals surface area contributed by atoms with Crippen LogP contribution in [0.2, 0.25) is 0 Å². The Morgan fingerprint density at radius 1 is 1.00 bits per heavy atom. The molecule has 1 heterocycles. The van der Waals surface area contributed by atoms with E-state index in [1.807, 2.05) is 36.4 Å². The third kappa shape index (κ3) is 2.06. The van der Waals surface area contributed by atoms with E-state index in [2.05, 4.69) is 4.72 Å². The van der Waals surface area contributed by atoms with Gasteiger partial charge < -0.3 is 5.73 Å². The van der Waals surface area contributed by atoms with Crippen molar-refractivity contribution in [3.05, 3.63) is 65.7 Å². The van der Waals surface area contributed by atoms with Crippen molar-refractivity contribution in [1.29, 1.82) is 0 Å². The Bertz CT molecular complexity index is 698. The zero-order chi connectivity index (χ0) is 13.5. The summed E-state index contributed by atoms with van der Waals surface area (Å²) in [5, 5.41) is 0. The zero-order valence-electron chi connectivity index (χ0n) is 10.2. The molecule has 3 N–H and O–H groups in total. The lowest BCUT2D eigenvalue weighted by molar-refractivity contribution is 0.524. The molecule has 0 aliphatic carbocycles.